The molecular weight excluding hydrogens is 462 g/mol. The molecule has 2 aromatic heterocycles. The highest BCUT2D eigenvalue weighted by Crippen LogP contribution is 2.41. The third kappa shape index (κ3) is 3.51. The highest BCUT2D eigenvalue weighted by molar-refractivity contribution is 6.23. The van der Waals surface area contributed by atoms with E-state index in [4.69, 9.17) is 11.6 Å². The van der Waals surface area contributed by atoms with Gasteiger partial charge in [0.15, 0.2) is 0 Å². The van der Waals surface area contributed by atoms with Gasteiger partial charge in [-0.15, -0.1) is 4.98 Å². The van der Waals surface area contributed by atoms with E-state index in [1.54, 1.807) is 6.20 Å². The molecule has 0 amide bonds. The molecule has 0 fully saturated rings. The Labute approximate surface area is 220 Å². The van der Waals surface area contributed by atoms with Gasteiger partial charge in [0.2, 0.25) is 0 Å². The maximum absolute atomic E-state index is 7.54. The maximum atomic E-state index is 7.54. The molecule has 0 radical (unpaired) electrons. The normalized spacial score (nSPS) is 11.1. The molecular formula is C35H21N3. The summed E-state index contributed by atoms with van der Waals surface area (Å²) in [6.45, 7) is 7.54. The van der Waals surface area contributed by atoms with Crippen LogP contribution < -0.4 is 0 Å². The molecule has 2 heterocycles. The van der Waals surface area contributed by atoms with Crippen molar-refractivity contribution in [3.05, 3.63) is 139 Å². The van der Waals surface area contributed by atoms with Crippen LogP contribution in [0.3, 0.4) is 0 Å². The van der Waals surface area contributed by atoms with Crippen LogP contribution in [0.4, 0.5) is 5.82 Å². The average molecular weight is 484 g/mol. The summed E-state index contributed by atoms with van der Waals surface area (Å²) < 4.78 is 0. The van der Waals surface area contributed by atoms with Gasteiger partial charge in [-0.25, -0.2) is 4.98 Å². The monoisotopic (exact) mass is 483 g/mol. The van der Waals surface area contributed by atoms with Gasteiger partial charge in [0.05, 0.1) is 11.4 Å². The van der Waals surface area contributed by atoms with Crippen LogP contribution in [0.5, 0.6) is 0 Å². The van der Waals surface area contributed by atoms with E-state index in [1.807, 2.05) is 30.3 Å². The maximum Gasteiger partial charge on any atom is 0.278 e. The molecule has 0 saturated heterocycles. The van der Waals surface area contributed by atoms with Crippen molar-refractivity contribution in [3.63, 3.8) is 0 Å². The molecule has 5 aromatic carbocycles. The summed E-state index contributed by atoms with van der Waals surface area (Å²) in [6, 6.07) is 42.2. The predicted molar refractivity (Wildman–Crippen MR) is 157 cm³/mol. The number of pyridine rings is 2. The van der Waals surface area contributed by atoms with Gasteiger partial charge in [0.1, 0.15) is 6.20 Å². The zero-order chi connectivity index (χ0) is 25.5. The van der Waals surface area contributed by atoms with E-state index >= 15 is 0 Å². The van der Waals surface area contributed by atoms with Gasteiger partial charge in [0.25, 0.3) is 5.82 Å². The summed E-state index contributed by atoms with van der Waals surface area (Å²) in [5.74, 6) is 0.361. The first-order valence-corrected chi connectivity index (χ1v) is 12.5. The zero-order valence-electron chi connectivity index (χ0n) is 20.5. The second kappa shape index (κ2) is 8.96. The molecule has 0 N–H and O–H groups in total. The van der Waals surface area contributed by atoms with Crippen molar-refractivity contribution in [3.8, 4) is 33.6 Å². The van der Waals surface area contributed by atoms with Gasteiger partial charge in [-0.05, 0) is 73.8 Å². The van der Waals surface area contributed by atoms with E-state index in [0.717, 1.165) is 27.9 Å². The molecule has 7 rings (SSSR count). The minimum atomic E-state index is 0.361. The largest absolute Gasteiger partial charge is 0.360 e. The third-order valence-corrected chi connectivity index (χ3v) is 7.16. The fourth-order valence-corrected chi connectivity index (χ4v) is 5.44. The van der Waals surface area contributed by atoms with Crippen LogP contribution in [-0.2, 0) is 0 Å². The lowest BCUT2D eigenvalue weighted by molar-refractivity contribution is 1.30. The number of fused-ring (bicyclic) bond motifs is 5. The number of benzene rings is 5. The van der Waals surface area contributed by atoms with E-state index in [9.17, 15) is 0 Å². The summed E-state index contributed by atoms with van der Waals surface area (Å²) in [5, 5.41) is 7.21. The first-order valence-electron chi connectivity index (χ1n) is 12.5. The van der Waals surface area contributed by atoms with Crippen LogP contribution in [0.1, 0.15) is 0 Å². The Morgan fingerprint density at radius 1 is 0.474 bits per heavy atom. The van der Waals surface area contributed by atoms with E-state index in [2.05, 4.69) is 101 Å². The molecule has 0 bridgehead atoms. The fraction of sp³-hybridized carbons (Fsp3) is 0. The van der Waals surface area contributed by atoms with Gasteiger partial charge in [0, 0.05) is 11.1 Å². The van der Waals surface area contributed by atoms with Gasteiger partial charge in [-0.2, -0.15) is 0 Å². The van der Waals surface area contributed by atoms with E-state index in [-0.39, 0.29) is 0 Å². The summed E-state index contributed by atoms with van der Waals surface area (Å²) in [7, 11) is 0. The Kier molecular flexibility index (Phi) is 5.17. The minimum absolute atomic E-state index is 0.361. The molecule has 3 heteroatoms. The Bertz CT molecular complexity index is 2040. The van der Waals surface area contributed by atoms with E-state index < -0.39 is 0 Å². The van der Waals surface area contributed by atoms with E-state index in [0.29, 0.717) is 5.82 Å². The number of aromatic nitrogens is 2. The molecule has 0 unspecified atom stereocenters. The number of hydrogen-bond acceptors (Lipinski definition) is 2. The Hall–Kier alpha value is -5.33. The molecule has 0 aliphatic carbocycles. The second-order valence-electron chi connectivity index (χ2n) is 9.30. The summed E-state index contributed by atoms with van der Waals surface area (Å²) in [4.78, 5) is 12.9. The van der Waals surface area contributed by atoms with Gasteiger partial charge < -0.3 is 4.85 Å². The molecule has 0 atom stereocenters. The Balaban J connectivity index is 1.55. The molecule has 0 aliphatic heterocycles. The summed E-state index contributed by atoms with van der Waals surface area (Å²) >= 11 is 0. The van der Waals surface area contributed by atoms with Crippen molar-refractivity contribution >= 4 is 38.1 Å². The lowest BCUT2D eigenvalue weighted by atomic mass is 9.88. The van der Waals surface area contributed by atoms with Crippen LogP contribution >= 0.6 is 0 Å². The van der Waals surface area contributed by atoms with Crippen LogP contribution in [0.15, 0.2) is 128 Å². The average Bonchev–Trinajstić information content (AvgIpc) is 3.00. The van der Waals surface area contributed by atoms with Crippen LogP contribution in [-0.4, -0.2) is 9.97 Å². The first kappa shape index (κ1) is 21.9. The van der Waals surface area contributed by atoms with Gasteiger partial charge in [-0.3, -0.25) is 0 Å². The molecule has 38 heavy (non-hydrogen) atoms. The molecule has 176 valence electrons. The smallest absolute Gasteiger partial charge is 0.278 e. The summed E-state index contributed by atoms with van der Waals surface area (Å²) in [6.07, 6.45) is 1.65. The molecule has 0 saturated carbocycles. The lowest BCUT2D eigenvalue weighted by Gasteiger charge is -2.16. The fourth-order valence-electron chi connectivity index (χ4n) is 5.44. The van der Waals surface area contributed by atoms with Crippen molar-refractivity contribution in [2.45, 2.75) is 0 Å². The number of hydrogen-bond donors (Lipinski definition) is 0. The van der Waals surface area contributed by atoms with Crippen molar-refractivity contribution in [1.82, 2.24) is 9.97 Å². The topological polar surface area (TPSA) is 30.1 Å². The summed E-state index contributed by atoms with van der Waals surface area (Å²) in [5.41, 5.74) is 5.87. The third-order valence-electron chi connectivity index (χ3n) is 7.16. The highest BCUT2D eigenvalue weighted by atomic mass is 14.9. The molecule has 0 spiro atoms. The lowest BCUT2D eigenvalue weighted by Crippen LogP contribution is -1.92. The minimum Gasteiger partial charge on any atom is -0.360 e. The standard InChI is InChI=1S/C35H21N3/c1-36-35-28(17-10-20-37-35)33-18-9-19-34(38-33)32-22-31-25-14-6-5-13-24(25)29(23-11-3-2-4-12-23)21-30(31)26-15-7-8-16-27(26)32/h2-22H. The number of rotatable bonds is 3. The van der Waals surface area contributed by atoms with E-state index in [1.165, 1.54) is 38.1 Å². The van der Waals surface area contributed by atoms with Crippen molar-refractivity contribution in [2.24, 2.45) is 0 Å². The first-order chi connectivity index (χ1) is 18.8. The van der Waals surface area contributed by atoms with Crippen molar-refractivity contribution < 1.29 is 0 Å². The Morgan fingerprint density at radius 3 is 1.74 bits per heavy atom. The molecule has 0 aliphatic rings. The Morgan fingerprint density at radius 2 is 1.05 bits per heavy atom. The van der Waals surface area contributed by atoms with Crippen molar-refractivity contribution in [1.29, 1.82) is 0 Å². The van der Waals surface area contributed by atoms with Crippen LogP contribution in [0.2, 0.25) is 0 Å². The number of nitrogens with zero attached hydrogens (tertiary/aromatic N) is 3. The van der Waals surface area contributed by atoms with Crippen LogP contribution in [0, 0.1) is 6.57 Å². The zero-order valence-corrected chi connectivity index (χ0v) is 20.5. The van der Waals surface area contributed by atoms with Crippen molar-refractivity contribution in [2.75, 3.05) is 0 Å². The molecule has 7 aromatic rings. The quantitative estimate of drug-likeness (QED) is 0.185. The predicted octanol–water partition coefficient (Wildman–Crippen LogP) is 9.49. The highest BCUT2D eigenvalue weighted by Gasteiger charge is 2.16. The molecule has 3 nitrogen and oxygen atoms in total. The van der Waals surface area contributed by atoms with Crippen LogP contribution in [0.25, 0.3) is 70.8 Å². The SMILES string of the molecule is [C-]#[N+]c1ncccc1-c1cccc(-c2cc3c4ccccc4c(-c4ccccc4)cc3c3ccccc23)n1. The second-order valence-corrected chi connectivity index (χ2v) is 9.30. The van der Waals surface area contributed by atoms with Gasteiger partial charge >= 0.3 is 0 Å². The van der Waals surface area contributed by atoms with Gasteiger partial charge in [-0.1, -0.05) is 97.6 Å².